The number of hydrogen-bond acceptors (Lipinski definition) is 5. The van der Waals surface area contributed by atoms with Crippen LogP contribution < -0.4 is 4.74 Å². The predicted molar refractivity (Wildman–Crippen MR) is 95.5 cm³/mol. The van der Waals surface area contributed by atoms with Crippen LogP contribution >= 0.6 is 11.3 Å². The van der Waals surface area contributed by atoms with Gasteiger partial charge in [-0.1, -0.05) is 0 Å². The van der Waals surface area contributed by atoms with E-state index in [4.69, 9.17) is 9.84 Å². The van der Waals surface area contributed by atoms with Crippen molar-refractivity contribution < 1.29 is 19.7 Å². The Kier molecular flexibility index (Phi) is 4.17. The highest BCUT2D eigenvalue weighted by molar-refractivity contribution is 7.12. The van der Waals surface area contributed by atoms with Crippen LogP contribution in [0.15, 0.2) is 18.2 Å². The van der Waals surface area contributed by atoms with Crippen LogP contribution in [0, 0.1) is 0 Å². The number of thiophene rings is 1. The fraction of sp³-hybridized carbons (Fsp3) is 0.421. The van der Waals surface area contributed by atoms with Gasteiger partial charge in [-0.15, -0.1) is 11.3 Å². The summed E-state index contributed by atoms with van der Waals surface area (Å²) in [6, 6.07) is 6.19. The number of carboxylic acid groups (broad SMARTS) is 1. The van der Waals surface area contributed by atoms with Gasteiger partial charge < -0.3 is 14.9 Å². The summed E-state index contributed by atoms with van der Waals surface area (Å²) in [6.45, 7) is 1.82. The summed E-state index contributed by atoms with van der Waals surface area (Å²) in [5.74, 6) is -0.0327. The molecule has 0 spiro atoms. The van der Waals surface area contributed by atoms with E-state index in [2.05, 4.69) is 11.0 Å². The van der Waals surface area contributed by atoms with Crippen molar-refractivity contribution in [3.63, 3.8) is 0 Å². The molecule has 0 saturated heterocycles. The molecule has 2 aromatic rings. The lowest BCUT2D eigenvalue weighted by Gasteiger charge is -2.36. The number of nitrogens with zero attached hydrogens (tertiary/aromatic N) is 1. The molecule has 0 radical (unpaired) electrons. The van der Waals surface area contributed by atoms with Crippen molar-refractivity contribution in [2.24, 2.45) is 0 Å². The van der Waals surface area contributed by atoms with Crippen LogP contribution in [-0.4, -0.2) is 34.7 Å². The Labute approximate surface area is 150 Å². The SMILES string of the molecule is COc1cc2c(cc1O)[C@@H]1CCc3sc(CC(=O)O)cc3CN1CC2. The summed E-state index contributed by atoms with van der Waals surface area (Å²) in [5, 5.41) is 19.2. The second kappa shape index (κ2) is 6.35. The van der Waals surface area contributed by atoms with Crippen LogP contribution in [0.4, 0.5) is 0 Å². The molecule has 6 heteroatoms. The number of phenols is 1. The number of phenolic OH excluding ortho intramolecular Hbond substituents is 1. The molecule has 1 aromatic carbocycles. The van der Waals surface area contributed by atoms with Gasteiger partial charge in [0.15, 0.2) is 11.5 Å². The number of carboxylic acids is 1. The summed E-state index contributed by atoms with van der Waals surface area (Å²) < 4.78 is 5.25. The summed E-state index contributed by atoms with van der Waals surface area (Å²) in [5.41, 5.74) is 3.73. The van der Waals surface area contributed by atoms with Crippen molar-refractivity contribution >= 4 is 17.3 Å². The first-order chi connectivity index (χ1) is 12.0. The molecule has 1 atom stereocenters. The number of fused-ring (bicyclic) bond motifs is 4. The molecule has 0 saturated carbocycles. The van der Waals surface area contributed by atoms with Gasteiger partial charge >= 0.3 is 5.97 Å². The van der Waals surface area contributed by atoms with E-state index in [0.717, 1.165) is 37.2 Å². The van der Waals surface area contributed by atoms with Gasteiger partial charge in [-0.05, 0) is 54.2 Å². The standard InChI is InChI=1S/C19H21NO4S/c1-24-17-7-11-4-5-20-10-12-6-13(8-19(22)23)25-18(12)3-2-15(20)14(11)9-16(17)21/h6-7,9,15,21H,2-5,8,10H2,1H3,(H,22,23)/t15-/m0/s1. The smallest absolute Gasteiger partial charge is 0.308 e. The first-order valence-corrected chi connectivity index (χ1v) is 9.33. The molecular weight excluding hydrogens is 338 g/mol. The number of aromatic hydroxyl groups is 1. The lowest BCUT2D eigenvalue weighted by molar-refractivity contribution is -0.136. The van der Waals surface area contributed by atoms with Crippen molar-refractivity contribution in [3.8, 4) is 11.5 Å². The van der Waals surface area contributed by atoms with Gasteiger partial charge in [0.2, 0.25) is 0 Å². The van der Waals surface area contributed by atoms with E-state index in [1.807, 2.05) is 12.1 Å². The molecule has 0 fully saturated rings. The van der Waals surface area contributed by atoms with E-state index in [0.29, 0.717) is 11.8 Å². The molecule has 2 aliphatic rings. The molecular formula is C19H21NO4S. The zero-order valence-electron chi connectivity index (χ0n) is 14.1. The first-order valence-electron chi connectivity index (χ1n) is 8.51. The third-order valence-corrected chi connectivity index (χ3v) is 6.44. The lowest BCUT2D eigenvalue weighted by atomic mass is 9.90. The van der Waals surface area contributed by atoms with E-state index < -0.39 is 5.97 Å². The highest BCUT2D eigenvalue weighted by Gasteiger charge is 2.32. The second-order valence-corrected chi connectivity index (χ2v) is 7.95. The molecule has 2 N–H and O–H groups in total. The van der Waals surface area contributed by atoms with Gasteiger partial charge in [-0.3, -0.25) is 9.69 Å². The summed E-state index contributed by atoms with van der Waals surface area (Å²) >= 11 is 1.64. The third kappa shape index (κ3) is 3.00. The molecule has 4 rings (SSSR count). The largest absolute Gasteiger partial charge is 0.504 e. The van der Waals surface area contributed by atoms with Crippen molar-refractivity contribution in [2.45, 2.75) is 38.3 Å². The maximum atomic E-state index is 11.0. The molecule has 2 aliphatic heterocycles. The highest BCUT2D eigenvalue weighted by Crippen LogP contribution is 2.42. The summed E-state index contributed by atoms with van der Waals surface area (Å²) in [7, 11) is 1.58. The highest BCUT2D eigenvalue weighted by atomic mass is 32.1. The molecule has 3 heterocycles. The Morgan fingerprint density at radius 1 is 1.32 bits per heavy atom. The van der Waals surface area contributed by atoms with E-state index in [1.165, 1.54) is 21.6 Å². The number of hydrogen-bond donors (Lipinski definition) is 2. The molecule has 0 amide bonds. The fourth-order valence-corrected chi connectivity index (χ4v) is 5.24. The minimum absolute atomic E-state index is 0.109. The third-order valence-electron chi connectivity index (χ3n) is 5.20. The van der Waals surface area contributed by atoms with E-state index in [1.54, 1.807) is 18.4 Å². The Bertz CT molecular complexity index is 829. The van der Waals surface area contributed by atoms with Gasteiger partial charge in [0.05, 0.1) is 13.5 Å². The van der Waals surface area contributed by atoms with Crippen molar-refractivity contribution in [2.75, 3.05) is 13.7 Å². The van der Waals surface area contributed by atoms with Crippen molar-refractivity contribution in [1.29, 1.82) is 0 Å². The predicted octanol–water partition coefficient (Wildman–Crippen LogP) is 3.14. The number of rotatable bonds is 3. The average Bonchev–Trinajstić information content (AvgIpc) is 2.84. The molecule has 0 unspecified atom stereocenters. The van der Waals surface area contributed by atoms with Gasteiger partial charge in [-0.2, -0.15) is 0 Å². The number of aliphatic carboxylic acids is 1. The number of benzene rings is 1. The van der Waals surface area contributed by atoms with Gasteiger partial charge in [0.25, 0.3) is 0 Å². The molecule has 0 aliphatic carbocycles. The summed E-state index contributed by atoms with van der Waals surface area (Å²) in [4.78, 5) is 15.7. The topological polar surface area (TPSA) is 70.0 Å². The van der Waals surface area contributed by atoms with E-state index in [-0.39, 0.29) is 12.2 Å². The quantitative estimate of drug-likeness (QED) is 0.881. The van der Waals surface area contributed by atoms with Crippen LogP contribution in [0.3, 0.4) is 0 Å². The van der Waals surface area contributed by atoms with Crippen molar-refractivity contribution in [3.05, 3.63) is 44.6 Å². The Morgan fingerprint density at radius 2 is 2.16 bits per heavy atom. The second-order valence-electron chi connectivity index (χ2n) is 6.73. The van der Waals surface area contributed by atoms with Crippen LogP contribution in [0.25, 0.3) is 0 Å². The molecule has 132 valence electrons. The molecule has 25 heavy (non-hydrogen) atoms. The molecule has 1 aromatic heterocycles. The fourth-order valence-electron chi connectivity index (χ4n) is 4.06. The maximum absolute atomic E-state index is 11.0. The molecule has 0 bridgehead atoms. The van der Waals surface area contributed by atoms with Gasteiger partial charge in [0.1, 0.15) is 0 Å². The number of aryl methyl sites for hydroxylation is 1. The average molecular weight is 359 g/mol. The zero-order valence-corrected chi connectivity index (χ0v) is 14.9. The first kappa shape index (κ1) is 16.4. The Balaban J connectivity index is 1.63. The van der Waals surface area contributed by atoms with E-state index in [9.17, 15) is 9.90 Å². The van der Waals surface area contributed by atoms with Gasteiger partial charge in [-0.25, -0.2) is 0 Å². The maximum Gasteiger partial charge on any atom is 0.308 e. The lowest BCUT2D eigenvalue weighted by Crippen LogP contribution is -2.34. The Morgan fingerprint density at radius 3 is 2.92 bits per heavy atom. The van der Waals surface area contributed by atoms with Crippen LogP contribution in [0.2, 0.25) is 0 Å². The normalized spacial score (nSPS) is 19.5. The number of methoxy groups -OCH3 is 1. The van der Waals surface area contributed by atoms with Crippen molar-refractivity contribution in [1.82, 2.24) is 4.90 Å². The zero-order chi connectivity index (χ0) is 17.6. The Hall–Kier alpha value is -2.05. The number of ether oxygens (including phenoxy) is 1. The summed E-state index contributed by atoms with van der Waals surface area (Å²) in [6.07, 6.45) is 2.98. The van der Waals surface area contributed by atoms with Crippen LogP contribution in [0.1, 0.15) is 38.9 Å². The van der Waals surface area contributed by atoms with E-state index >= 15 is 0 Å². The minimum atomic E-state index is -0.773. The van der Waals surface area contributed by atoms with Crippen LogP contribution in [-0.2, 0) is 30.6 Å². The monoisotopic (exact) mass is 359 g/mol. The molecule has 5 nitrogen and oxygen atoms in total. The van der Waals surface area contributed by atoms with Gasteiger partial charge in [0, 0.05) is 28.9 Å². The minimum Gasteiger partial charge on any atom is -0.504 e. The van der Waals surface area contributed by atoms with Crippen LogP contribution in [0.5, 0.6) is 11.5 Å². The number of carbonyl (C=O) groups is 1.